The molecule has 0 bridgehead atoms. The molecule has 1 aliphatic heterocycles. The van der Waals surface area contributed by atoms with Crippen LogP contribution in [0.1, 0.15) is 39.1 Å². The largest absolute Gasteiger partial charge is 0.367 e. The summed E-state index contributed by atoms with van der Waals surface area (Å²) in [5, 5.41) is 7.10. The minimum atomic E-state index is -3.70. The van der Waals surface area contributed by atoms with E-state index in [0.29, 0.717) is 34.1 Å². The van der Waals surface area contributed by atoms with Gasteiger partial charge in [-0.3, -0.25) is 4.72 Å². The maximum Gasteiger partial charge on any atom is 0.232 e. The van der Waals surface area contributed by atoms with Crippen molar-refractivity contribution in [2.24, 2.45) is 0 Å². The molecule has 0 spiro atoms. The zero-order valence-corrected chi connectivity index (χ0v) is 26.2. The van der Waals surface area contributed by atoms with Crippen molar-refractivity contribution >= 4 is 44.4 Å². The number of hydrogen-bond donors (Lipinski definition) is 3. The van der Waals surface area contributed by atoms with Crippen molar-refractivity contribution in [2.45, 2.75) is 39.5 Å². The fourth-order valence-electron chi connectivity index (χ4n) is 4.70. The normalized spacial score (nSPS) is 14.1. The smallest absolute Gasteiger partial charge is 0.232 e. The molecule has 4 aromatic rings. The number of piperazine rings is 1. The van der Waals surface area contributed by atoms with Crippen molar-refractivity contribution in [3.8, 4) is 21.8 Å². The van der Waals surface area contributed by atoms with E-state index in [9.17, 15) is 8.42 Å². The molecule has 1 aliphatic rings. The average Bonchev–Trinajstić information content (AvgIpc) is 3.41. The van der Waals surface area contributed by atoms with E-state index >= 15 is 8.78 Å². The van der Waals surface area contributed by atoms with E-state index in [1.54, 1.807) is 43.5 Å². The summed E-state index contributed by atoms with van der Waals surface area (Å²) >= 11 is 1.38. The zero-order valence-electron chi connectivity index (χ0n) is 24.5. The Kier molecular flexibility index (Phi) is 8.95. The predicted octanol–water partition coefficient (Wildman–Crippen LogP) is 6.15. The summed E-state index contributed by atoms with van der Waals surface area (Å²) in [6.07, 6.45) is 1.97. The van der Waals surface area contributed by atoms with Crippen LogP contribution in [-0.2, 0) is 15.4 Å². The molecule has 0 radical (unpaired) electrons. The molecule has 9 nitrogen and oxygen atoms in total. The molecule has 0 amide bonds. The third-order valence-electron chi connectivity index (χ3n) is 6.81. The molecule has 0 aliphatic carbocycles. The summed E-state index contributed by atoms with van der Waals surface area (Å²) in [7, 11) is -3.70. The number of thiazole rings is 1. The fraction of sp³-hybridized carbons (Fsp3) is 0.367. The van der Waals surface area contributed by atoms with Crippen LogP contribution in [0.15, 0.2) is 48.7 Å². The third-order valence-corrected chi connectivity index (χ3v) is 9.79. The minimum Gasteiger partial charge on any atom is -0.367 e. The van der Waals surface area contributed by atoms with Crippen molar-refractivity contribution in [1.82, 2.24) is 20.3 Å². The van der Waals surface area contributed by atoms with Crippen LogP contribution in [-0.4, -0.2) is 55.3 Å². The maximum absolute atomic E-state index is 15.9. The van der Waals surface area contributed by atoms with Gasteiger partial charge in [0.1, 0.15) is 5.82 Å². The highest BCUT2D eigenvalue weighted by atomic mass is 32.2. The molecule has 2 aromatic heterocycles. The number of halogens is 2. The molecule has 0 atom stereocenters. The molecular formula is C30H35F2N7O2S2. The summed E-state index contributed by atoms with van der Waals surface area (Å²) in [4.78, 5) is 16.4. The van der Waals surface area contributed by atoms with Gasteiger partial charge in [0.25, 0.3) is 0 Å². The molecule has 0 saturated carbocycles. The van der Waals surface area contributed by atoms with Crippen LogP contribution in [0, 0.1) is 11.6 Å². The van der Waals surface area contributed by atoms with Gasteiger partial charge in [0.2, 0.25) is 16.0 Å². The van der Waals surface area contributed by atoms with Crippen LogP contribution < -0.4 is 20.3 Å². The van der Waals surface area contributed by atoms with Gasteiger partial charge in [0, 0.05) is 49.0 Å². The lowest BCUT2D eigenvalue weighted by Gasteiger charge is -2.29. The number of anilines is 4. The Morgan fingerprint density at radius 3 is 2.53 bits per heavy atom. The number of benzene rings is 2. The molecule has 1 saturated heterocycles. The second-order valence-corrected chi connectivity index (χ2v) is 14.2. The summed E-state index contributed by atoms with van der Waals surface area (Å²) in [5.74, 6) is -0.939. The van der Waals surface area contributed by atoms with Gasteiger partial charge >= 0.3 is 0 Å². The van der Waals surface area contributed by atoms with Crippen molar-refractivity contribution < 1.29 is 17.2 Å². The highest BCUT2D eigenvalue weighted by Gasteiger charge is 2.26. The zero-order chi connectivity index (χ0) is 30.8. The third kappa shape index (κ3) is 7.11. The lowest BCUT2D eigenvalue weighted by atomic mass is 9.98. The van der Waals surface area contributed by atoms with Gasteiger partial charge in [-0.15, -0.1) is 11.3 Å². The standard InChI is InChI=1S/C30H35F2N7O2S2/c1-5-17-43(40,41)38-22-8-6-7-20(25(22)32)26-27(42-28(37-26)30(2,3)4)23-11-12-34-29(36-23)35-19-9-10-24(21(31)18-19)39-15-13-33-14-16-39/h6-12,18,33,38H,5,13-17H2,1-4H3,(H,34,35,36). The number of sulfonamides is 1. The van der Waals surface area contributed by atoms with E-state index in [-0.39, 0.29) is 34.2 Å². The van der Waals surface area contributed by atoms with Gasteiger partial charge in [0.05, 0.1) is 38.4 Å². The molecule has 1 fully saturated rings. The van der Waals surface area contributed by atoms with Crippen molar-refractivity contribution in [1.29, 1.82) is 0 Å². The predicted molar refractivity (Wildman–Crippen MR) is 170 cm³/mol. The van der Waals surface area contributed by atoms with Crippen LogP contribution in [0.4, 0.5) is 31.8 Å². The van der Waals surface area contributed by atoms with E-state index in [4.69, 9.17) is 4.98 Å². The quantitative estimate of drug-likeness (QED) is 0.203. The number of aromatic nitrogens is 3. The summed E-state index contributed by atoms with van der Waals surface area (Å²) in [5.41, 5.74) is 1.55. The molecule has 0 unspecified atom stereocenters. The van der Waals surface area contributed by atoms with Crippen LogP contribution in [0.25, 0.3) is 21.8 Å². The molecular weight excluding hydrogens is 593 g/mol. The van der Waals surface area contributed by atoms with Gasteiger partial charge < -0.3 is 15.5 Å². The molecule has 3 N–H and O–H groups in total. The van der Waals surface area contributed by atoms with Crippen molar-refractivity contribution in [3.05, 3.63) is 65.3 Å². The summed E-state index contributed by atoms with van der Waals surface area (Å²) < 4.78 is 58.0. The van der Waals surface area contributed by atoms with Crippen molar-refractivity contribution in [2.75, 3.05) is 46.9 Å². The molecule has 43 heavy (non-hydrogen) atoms. The average molecular weight is 628 g/mol. The van der Waals surface area contributed by atoms with E-state index < -0.39 is 15.8 Å². The van der Waals surface area contributed by atoms with Crippen LogP contribution in [0.5, 0.6) is 0 Å². The first-order valence-corrected chi connectivity index (χ1v) is 16.6. The SMILES string of the molecule is CCCS(=O)(=O)Nc1cccc(-c2nc(C(C)(C)C)sc2-c2ccnc(Nc3ccc(N4CCNCC4)c(F)c3)n2)c1F. The Labute approximate surface area is 254 Å². The lowest BCUT2D eigenvalue weighted by molar-refractivity contribution is 0.566. The van der Waals surface area contributed by atoms with Gasteiger partial charge in [-0.25, -0.2) is 32.2 Å². The van der Waals surface area contributed by atoms with Crippen LogP contribution >= 0.6 is 11.3 Å². The van der Waals surface area contributed by atoms with E-state index in [0.717, 1.165) is 31.2 Å². The van der Waals surface area contributed by atoms with Gasteiger partial charge in [-0.05, 0) is 42.8 Å². The Morgan fingerprint density at radius 1 is 1.07 bits per heavy atom. The first-order valence-electron chi connectivity index (χ1n) is 14.1. The number of nitrogens with zero attached hydrogens (tertiary/aromatic N) is 4. The Morgan fingerprint density at radius 2 is 1.84 bits per heavy atom. The highest BCUT2D eigenvalue weighted by molar-refractivity contribution is 7.92. The fourth-order valence-corrected chi connectivity index (χ4v) is 6.94. The van der Waals surface area contributed by atoms with Gasteiger partial charge in [-0.2, -0.15) is 0 Å². The maximum atomic E-state index is 15.9. The number of nitrogens with one attached hydrogen (secondary N) is 3. The summed E-state index contributed by atoms with van der Waals surface area (Å²) in [6, 6.07) is 11.2. The molecule has 228 valence electrons. The lowest BCUT2D eigenvalue weighted by Crippen LogP contribution is -2.43. The first kappa shape index (κ1) is 30.8. The van der Waals surface area contributed by atoms with Gasteiger partial charge in [-0.1, -0.05) is 33.8 Å². The Hall–Kier alpha value is -3.68. The Bertz CT molecular complexity index is 1720. The second kappa shape index (κ2) is 12.5. The second-order valence-electron chi connectivity index (χ2n) is 11.3. The molecule has 5 rings (SSSR count). The highest BCUT2D eigenvalue weighted by Crippen LogP contribution is 2.42. The number of hydrogen-bond acceptors (Lipinski definition) is 9. The molecule has 13 heteroatoms. The minimum absolute atomic E-state index is 0.119. The monoisotopic (exact) mass is 627 g/mol. The number of rotatable bonds is 9. The van der Waals surface area contributed by atoms with Crippen LogP contribution in [0.2, 0.25) is 0 Å². The molecule has 2 aromatic carbocycles. The van der Waals surface area contributed by atoms with Gasteiger partial charge in [0.15, 0.2) is 5.82 Å². The van der Waals surface area contributed by atoms with Crippen LogP contribution in [0.3, 0.4) is 0 Å². The van der Waals surface area contributed by atoms with E-state index in [1.165, 1.54) is 23.5 Å². The molecule has 3 heterocycles. The van der Waals surface area contributed by atoms with E-state index in [2.05, 4.69) is 25.3 Å². The van der Waals surface area contributed by atoms with Crippen molar-refractivity contribution in [3.63, 3.8) is 0 Å². The topological polar surface area (TPSA) is 112 Å². The van der Waals surface area contributed by atoms with E-state index in [1.807, 2.05) is 25.7 Å². The first-order chi connectivity index (χ1) is 20.4. The Balaban J connectivity index is 1.49. The summed E-state index contributed by atoms with van der Waals surface area (Å²) in [6.45, 7) is 10.8.